The largest absolute Gasteiger partial charge is 0.350 e. The molecule has 0 heterocycles. The number of rotatable bonds is 5. The van der Waals surface area contributed by atoms with E-state index in [9.17, 15) is 9.59 Å². The Hall–Kier alpha value is -1.49. The molecule has 0 radical (unpaired) electrons. The molecule has 4 aliphatic rings. The summed E-state index contributed by atoms with van der Waals surface area (Å²) >= 11 is 1.47. The number of nitrogens with one attached hydrogen (secondary N) is 2. The smallest absolute Gasteiger partial charge is 0.252 e. The summed E-state index contributed by atoms with van der Waals surface area (Å²) < 4.78 is 0. The molecule has 1 aromatic rings. The zero-order valence-electron chi connectivity index (χ0n) is 17.2. The first-order valence-corrected chi connectivity index (χ1v) is 11.6. The van der Waals surface area contributed by atoms with Crippen molar-refractivity contribution >= 4 is 23.6 Å². The maximum atomic E-state index is 12.8. The van der Waals surface area contributed by atoms with Gasteiger partial charge in [0.05, 0.1) is 11.3 Å². The average Bonchev–Trinajstić information content (AvgIpc) is 2.57. The average molecular weight is 401 g/mol. The van der Waals surface area contributed by atoms with Gasteiger partial charge in [-0.05, 0) is 89.2 Å². The van der Waals surface area contributed by atoms with E-state index in [-0.39, 0.29) is 22.9 Å². The second kappa shape index (κ2) is 7.40. The van der Waals surface area contributed by atoms with Gasteiger partial charge in [-0.2, -0.15) is 0 Å². The number of hydrogen-bond donors (Lipinski definition) is 2. The van der Waals surface area contributed by atoms with E-state index >= 15 is 0 Å². The van der Waals surface area contributed by atoms with Crippen LogP contribution in [0.2, 0.25) is 0 Å². The van der Waals surface area contributed by atoms with Crippen LogP contribution in [0.5, 0.6) is 0 Å². The second-order valence-electron chi connectivity index (χ2n) is 10.2. The first kappa shape index (κ1) is 19.8. The molecule has 4 fully saturated rings. The molecular weight excluding hydrogens is 368 g/mol. The van der Waals surface area contributed by atoms with Crippen molar-refractivity contribution in [2.24, 2.45) is 17.8 Å². The maximum absolute atomic E-state index is 12.8. The molecule has 0 aromatic heterocycles. The Morgan fingerprint density at radius 1 is 1.04 bits per heavy atom. The number of benzene rings is 1. The second-order valence-corrected chi connectivity index (χ2v) is 11.3. The van der Waals surface area contributed by atoms with Crippen molar-refractivity contribution in [3.63, 3.8) is 0 Å². The highest BCUT2D eigenvalue weighted by molar-refractivity contribution is 8.00. The van der Waals surface area contributed by atoms with Gasteiger partial charge in [-0.15, -0.1) is 11.8 Å². The van der Waals surface area contributed by atoms with E-state index in [0.29, 0.717) is 11.3 Å². The summed E-state index contributed by atoms with van der Waals surface area (Å²) in [4.78, 5) is 26.2. The lowest BCUT2D eigenvalue weighted by molar-refractivity contribution is -0.124. The topological polar surface area (TPSA) is 58.2 Å². The van der Waals surface area contributed by atoms with E-state index < -0.39 is 0 Å². The van der Waals surface area contributed by atoms with Gasteiger partial charge in [-0.1, -0.05) is 12.1 Å². The van der Waals surface area contributed by atoms with Crippen LogP contribution in [0.15, 0.2) is 29.2 Å². The zero-order valence-corrected chi connectivity index (χ0v) is 18.0. The number of carbonyl (C=O) groups excluding carboxylic acids is 2. The quantitative estimate of drug-likeness (QED) is 0.721. The van der Waals surface area contributed by atoms with Crippen LogP contribution in [0.1, 0.15) is 69.7 Å². The summed E-state index contributed by atoms with van der Waals surface area (Å²) in [5.74, 6) is 2.85. The fourth-order valence-corrected chi connectivity index (χ4v) is 6.78. The molecule has 28 heavy (non-hydrogen) atoms. The number of carbonyl (C=O) groups is 2. The molecule has 2 amide bonds. The fraction of sp³-hybridized carbons (Fsp3) is 0.652. The number of amides is 2. The maximum Gasteiger partial charge on any atom is 0.252 e. The Morgan fingerprint density at radius 2 is 1.61 bits per heavy atom. The van der Waals surface area contributed by atoms with E-state index in [4.69, 9.17) is 0 Å². The molecule has 0 atom stereocenters. The Bertz CT molecular complexity index is 733. The van der Waals surface area contributed by atoms with Crippen LogP contribution in [0.25, 0.3) is 0 Å². The minimum atomic E-state index is -0.287. The van der Waals surface area contributed by atoms with Crippen molar-refractivity contribution in [3.05, 3.63) is 29.8 Å². The lowest BCUT2D eigenvalue weighted by atomic mass is 9.53. The molecular formula is C23H32N2O2S. The summed E-state index contributed by atoms with van der Waals surface area (Å²) in [6.45, 7) is 5.92. The van der Waals surface area contributed by atoms with Gasteiger partial charge in [-0.3, -0.25) is 9.59 Å². The van der Waals surface area contributed by atoms with Gasteiger partial charge in [0.2, 0.25) is 5.91 Å². The summed E-state index contributed by atoms with van der Waals surface area (Å²) in [6, 6.07) is 7.56. The van der Waals surface area contributed by atoms with Gasteiger partial charge in [-0.25, -0.2) is 0 Å². The summed E-state index contributed by atoms with van der Waals surface area (Å²) in [7, 11) is 0. The Labute approximate surface area is 172 Å². The molecule has 5 rings (SSSR count). The first-order valence-electron chi connectivity index (χ1n) is 10.6. The molecule has 5 heteroatoms. The van der Waals surface area contributed by atoms with Crippen LogP contribution in [0, 0.1) is 17.8 Å². The van der Waals surface area contributed by atoms with Crippen molar-refractivity contribution in [3.8, 4) is 0 Å². The minimum absolute atomic E-state index is 0.0511. The van der Waals surface area contributed by atoms with Crippen molar-refractivity contribution in [1.29, 1.82) is 0 Å². The SMILES string of the molecule is CC(C)(C)NC(=O)c1ccccc1SCC(=O)NC12CC3CC(CC(C3)C1)C2. The molecule has 152 valence electrons. The summed E-state index contributed by atoms with van der Waals surface area (Å²) in [5.41, 5.74) is 0.408. The third-order valence-corrected chi connectivity index (χ3v) is 7.50. The predicted molar refractivity (Wildman–Crippen MR) is 113 cm³/mol. The van der Waals surface area contributed by atoms with Gasteiger partial charge in [0.15, 0.2) is 0 Å². The van der Waals surface area contributed by atoms with Crippen molar-refractivity contribution in [2.75, 3.05) is 5.75 Å². The van der Waals surface area contributed by atoms with E-state index in [1.54, 1.807) is 0 Å². The van der Waals surface area contributed by atoms with Crippen LogP contribution >= 0.6 is 11.8 Å². The Morgan fingerprint density at radius 3 is 2.18 bits per heavy atom. The van der Waals surface area contributed by atoms with E-state index in [1.807, 2.05) is 45.0 Å². The minimum Gasteiger partial charge on any atom is -0.350 e. The first-order chi connectivity index (χ1) is 13.2. The van der Waals surface area contributed by atoms with Crippen LogP contribution < -0.4 is 10.6 Å². The molecule has 4 saturated carbocycles. The van der Waals surface area contributed by atoms with Crippen LogP contribution in [0.3, 0.4) is 0 Å². The van der Waals surface area contributed by atoms with E-state index in [2.05, 4.69) is 10.6 Å². The molecule has 2 N–H and O–H groups in total. The zero-order chi connectivity index (χ0) is 19.9. The van der Waals surface area contributed by atoms with E-state index in [1.165, 1.54) is 50.3 Å². The Kier molecular flexibility index (Phi) is 5.24. The summed E-state index contributed by atoms with van der Waals surface area (Å²) in [5, 5.41) is 6.44. The van der Waals surface area contributed by atoms with E-state index in [0.717, 1.165) is 22.6 Å². The lowest BCUT2D eigenvalue weighted by Gasteiger charge is -2.56. The summed E-state index contributed by atoms with van der Waals surface area (Å²) in [6.07, 6.45) is 7.63. The van der Waals surface area contributed by atoms with Gasteiger partial charge in [0.1, 0.15) is 0 Å². The van der Waals surface area contributed by atoms with Gasteiger partial charge < -0.3 is 10.6 Å². The molecule has 0 aliphatic heterocycles. The molecule has 0 unspecified atom stereocenters. The highest BCUT2D eigenvalue weighted by atomic mass is 32.2. The predicted octanol–water partition coefficient (Wildman–Crippen LogP) is 4.39. The van der Waals surface area contributed by atoms with Crippen LogP contribution in [0.4, 0.5) is 0 Å². The molecule has 0 spiro atoms. The molecule has 4 aliphatic carbocycles. The van der Waals surface area contributed by atoms with Crippen molar-refractivity contribution in [1.82, 2.24) is 10.6 Å². The monoisotopic (exact) mass is 400 g/mol. The van der Waals surface area contributed by atoms with Crippen molar-refractivity contribution < 1.29 is 9.59 Å². The van der Waals surface area contributed by atoms with Crippen molar-refractivity contribution in [2.45, 2.75) is 75.3 Å². The van der Waals surface area contributed by atoms with Crippen LogP contribution in [-0.4, -0.2) is 28.6 Å². The highest BCUT2D eigenvalue weighted by Crippen LogP contribution is 2.55. The molecule has 0 saturated heterocycles. The van der Waals surface area contributed by atoms with Gasteiger partial charge in [0, 0.05) is 16.0 Å². The molecule has 1 aromatic carbocycles. The van der Waals surface area contributed by atoms with Crippen LogP contribution in [-0.2, 0) is 4.79 Å². The third-order valence-electron chi connectivity index (χ3n) is 6.42. The molecule has 4 bridgehead atoms. The standard InChI is InChI=1S/C23H32N2O2S/c1-22(2,3)25-21(27)18-6-4-5-7-19(18)28-14-20(26)24-23-11-15-8-16(12-23)10-17(9-15)13-23/h4-7,15-17H,8-14H2,1-3H3,(H,24,26)(H,25,27). The number of hydrogen-bond acceptors (Lipinski definition) is 3. The molecule has 4 nitrogen and oxygen atoms in total. The highest BCUT2D eigenvalue weighted by Gasteiger charge is 2.51. The third kappa shape index (κ3) is 4.40. The fourth-order valence-electron chi connectivity index (χ4n) is 5.93. The Balaban J connectivity index is 1.37. The van der Waals surface area contributed by atoms with Gasteiger partial charge >= 0.3 is 0 Å². The normalized spacial score (nSPS) is 30.9. The lowest BCUT2D eigenvalue weighted by Crippen LogP contribution is -2.60. The number of thioether (sulfide) groups is 1. The van der Waals surface area contributed by atoms with Gasteiger partial charge in [0.25, 0.3) is 5.91 Å².